The molecular weight excluding hydrogens is 462 g/mol. The Hall–Kier alpha value is -3.79. The normalized spacial score (nSPS) is 14.5. The number of nitriles is 1. The first kappa shape index (κ1) is 23.4. The van der Waals surface area contributed by atoms with Crippen LogP contribution in [0.15, 0.2) is 53.4 Å². The highest BCUT2D eigenvalue weighted by molar-refractivity contribution is 7.89. The third-order valence-corrected chi connectivity index (χ3v) is 7.26. The molecule has 1 fully saturated rings. The van der Waals surface area contributed by atoms with E-state index in [0.29, 0.717) is 22.6 Å². The average molecular weight is 484 g/mol. The van der Waals surface area contributed by atoms with Gasteiger partial charge < -0.3 is 9.47 Å². The molecule has 1 aromatic heterocycles. The lowest BCUT2D eigenvalue weighted by molar-refractivity contribution is -0.386. The molecule has 0 spiro atoms. The van der Waals surface area contributed by atoms with Crippen LogP contribution in [0.4, 0.5) is 5.69 Å². The standard InChI is InChI=1S/C22H21N5O6S/c1-16-19(14-23)21(26(24-16)17-5-3-2-4-6-17)15-33-22-8-7-18(13-20(22)27(28)29)34(30,31)25-9-11-32-12-10-25/h2-8,13H,9-12,15H2,1H3. The van der Waals surface area contributed by atoms with Crippen molar-refractivity contribution in [2.75, 3.05) is 26.3 Å². The number of ether oxygens (including phenoxy) is 2. The zero-order chi connectivity index (χ0) is 24.3. The SMILES string of the molecule is Cc1nn(-c2ccccc2)c(COc2ccc(S(=O)(=O)N3CCOCC3)cc2[N+](=O)[O-])c1C#N. The van der Waals surface area contributed by atoms with E-state index in [0.717, 1.165) is 6.07 Å². The molecule has 0 N–H and O–H groups in total. The second-order valence-corrected chi connectivity index (χ2v) is 9.40. The van der Waals surface area contributed by atoms with Crippen molar-refractivity contribution in [3.63, 3.8) is 0 Å². The van der Waals surface area contributed by atoms with E-state index in [-0.39, 0.29) is 43.6 Å². The molecule has 0 amide bonds. The van der Waals surface area contributed by atoms with E-state index in [4.69, 9.17) is 9.47 Å². The van der Waals surface area contributed by atoms with E-state index in [2.05, 4.69) is 11.2 Å². The molecule has 34 heavy (non-hydrogen) atoms. The molecule has 3 aromatic rings. The number of sulfonamides is 1. The lowest BCUT2D eigenvalue weighted by Crippen LogP contribution is -2.40. The van der Waals surface area contributed by atoms with Crippen LogP contribution >= 0.6 is 0 Å². The van der Waals surface area contributed by atoms with Crippen LogP contribution in [-0.2, 0) is 21.4 Å². The van der Waals surface area contributed by atoms with Crippen LogP contribution in [0.5, 0.6) is 5.75 Å². The Morgan fingerprint density at radius 3 is 2.56 bits per heavy atom. The van der Waals surface area contributed by atoms with Gasteiger partial charge in [-0.05, 0) is 31.2 Å². The van der Waals surface area contributed by atoms with Gasteiger partial charge in [-0.2, -0.15) is 14.7 Å². The Bertz CT molecular complexity index is 1360. The number of hydrogen-bond acceptors (Lipinski definition) is 8. The van der Waals surface area contributed by atoms with Gasteiger partial charge in [0.1, 0.15) is 18.2 Å². The lowest BCUT2D eigenvalue weighted by atomic mass is 10.2. The number of rotatable bonds is 7. The fourth-order valence-corrected chi connectivity index (χ4v) is 5.07. The topological polar surface area (TPSA) is 141 Å². The summed E-state index contributed by atoms with van der Waals surface area (Å²) < 4.78 is 39.5. The third kappa shape index (κ3) is 4.49. The van der Waals surface area contributed by atoms with E-state index in [1.165, 1.54) is 16.4 Å². The molecule has 0 radical (unpaired) electrons. The zero-order valence-corrected chi connectivity index (χ0v) is 19.1. The monoisotopic (exact) mass is 483 g/mol. The highest BCUT2D eigenvalue weighted by atomic mass is 32.2. The van der Waals surface area contributed by atoms with Crippen molar-refractivity contribution in [1.82, 2.24) is 14.1 Å². The maximum absolute atomic E-state index is 12.9. The fourth-order valence-electron chi connectivity index (χ4n) is 3.64. The summed E-state index contributed by atoms with van der Waals surface area (Å²) in [4.78, 5) is 10.8. The second kappa shape index (κ2) is 9.60. The fraction of sp³-hybridized carbons (Fsp3) is 0.273. The number of nitro groups is 1. The number of hydrogen-bond donors (Lipinski definition) is 0. The van der Waals surface area contributed by atoms with Gasteiger partial charge in [0.05, 0.1) is 40.1 Å². The molecule has 0 aliphatic carbocycles. The molecule has 0 saturated carbocycles. The van der Waals surface area contributed by atoms with E-state index in [1.807, 2.05) is 30.3 Å². The molecule has 0 atom stereocenters. The molecule has 1 aliphatic rings. The Balaban J connectivity index is 1.66. The number of aromatic nitrogens is 2. The summed E-state index contributed by atoms with van der Waals surface area (Å²) in [7, 11) is -3.92. The summed E-state index contributed by atoms with van der Waals surface area (Å²) in [5, 5.41) is 25.7. The van der Waals surface area contributed by atoms with Crippen molar-refractivity contribution >= 4 is 15.7 Å². The van der Waals surface area contributed by atoms with Crippen molar-refractivity contribution in [2.45, 2.75) is 18.4 Å². The van der Waals surface area contributed by atoms with Gasteiger partial charge in [0.15, 0.2) is 5.75 Å². The molecule has 0 unspecified atom stereocenters. The smallest absolute Gasteiger partial charge is 0.312 e. The highest BCUT2D eigenvalue weighted by Crippen LogP contribution is 2.32. The molecule has 12 heteroatoms. The van der Waals surface area contributed by atoms with Gasteiger partial charge in [0.2, 0.25) is 10.0 Å². The van der Waals surface area contributed by atoms with Gasteiger partial charge in [-0.3, -0.25) is 10.1 Å². The van der Waals surface area contributed by atoms with E-state index in [1.54, 1.807) is 11.6 Å². The van der Waals surface area contributed by atoms with Crippen LogP contribution in [0.3, 0.4) is 0 Å². The maximum Gasteiger partial charge on any atom is 0.312 e. The predicted octanol–water partition coefficient (Wildman–Crippen LogP) is 2.56. The van der Waals surface area contributed by atoms with Crippen LogP contribution in [-0.4, -0.2) is 53.7 Å². The Kier molecular flexibility index (Phi) is 6.60. The zero-order valence-electron chi connectivity index (χ0n) is 18.2. The molecule has 11 nitrogen and oxygen atoms in total. The molecule has 176 valence electrons. The molecule has 1 aliphatic heterocycles. The number of para-hydroxylation sites is 1. The van der Waals surface area contributed by atoms with Gasteiger partial charge in [0, 0.05) is 19.2 Å². The van der Waals surface area contributed by atoms with Crippen molar-refractivity contribution in [2.24, 2.45) is 0 Å². The highest BCUT2D eigenvalue weighted by Gasteiger charge is 2.29. The van der Waals surface area contributed by atoms with Crippen LogP contribution in [0.1, 0.15) is 17.0 Å². The largest absolute Gasteiger partial charge is 0.480 e. The first-order chi connectivity index (χ1) is 16.3. The number of aryl methyl sites for hydroxylation is 1. The Morgan fingerprint density at radius 2 is 1.91 bits per heavy atom. The summed E-state index contributed by atoms with van der Waals surface area (Å²) in [6.45, 7) is 2.38. The van der Waals surface area contributed by atoms with Crippen molar-refractivity contribution in [1.29, 1.82) is 5.26 Å². The van der Waals surface area contributed by atoms with Crippen molar-refractivity contribution in [3.05, 3.63) is 75.6 Å². The summed E-state index contributed by atoms with van der Waals surface area (Å²) in [5.41, 5.74) is 1.43. The summed E-state index contributed by atoms with van der Waals surface area (Å²) in [6.07, 6.45) is 0. The van der Waals surface area contributed by atoms with Crippen LogP contribution in [0, 0.1) is 28.4 Å². The molecule has 1 saturated heterocycles. The number of nitrogens with zero attached hydrogens (tertiary/aromatic N) is 5. The van der Waals surface area contributed by atoms with Crippen LogP contribution < -0.4 is 4.74 Å². The summed E-state index contributed by atoms with van der Waals surface area (Å²) >= 11 is 0. The third-order valence-electron chi connectivity index (χ3n) is 5.37. The van der Waals surface area contributed by atoms with Gasteiger partial charge in [-0.15, -0.1) is 0 Å². The van der Waals surface area contributed by atoms with E-state index >= 15 is 0 Å². The van der Waals surface area contributed by atoms with E-state index < -0.39 is 20.6 Å². The number of morpholine rings is 1. The Labute approximate surface area is 195 Å². The van der Waals surface area contributed by atoms with Gasteiger partial charge in [0.25, 0.3) is 0 Å². The second-order valence-electron chi connectivity index (χ2n) is 7.46. The molecular formula is C22H21N5O6S. The summed E-state index contributed by atoms with van der Waals surface area (Å²) in [5.74, 6) is -0.117. The quantitative estimate of drug-likeness (QED) is 0.369. The maximum atomic E-state index is 12.9. The first-order valence-electron chi connectivity index (χ1n) is 10.4. The predicted molar refractivity (Wildman–Crippen MR) is 120 cm³/mol. The number of benzene rings is 2. The van der Waals surface area contributed by atoms with Gasteiger partial charge in [-0.1, -0.05) is 18.2 Å². The lowest BCUT2D eigenvalue weighted by Gasteiger charge is -2.26. The van der Waals surface area contributed by atoms with Crippen LogP contribution in [0.25, 0.3) is 5.69 Å². The molecule has 2 aromatic carbocycles. The summed E-state index contributed by atoms with van der Waals surface area (Å²) in [6, 6.07) is 14.7. The van der Waals surface area contributed by atoms with Gasteiger partial charge >= 0.3 is 5.69 Å². The minimum atomic E-state index is -3.92. The minimum absolute atomic E-state index is 0.117. The van der Waals surface area contributed by atoms with E-state index in [9.17, 15) is 23.8 Å². The average Bonchev–Trinajstić information content (AvgIpc) is 3.18. The number of nitro benzene ring substituents is 1. The van der Waals surface area contributed by atoms with Crippen molar-refractivity contribution < 1.29 is 22.8 Å². The van der Waals surface area contributed by atoms with Crippen molar-refractivity contribution in [3.8, 4) is 17.5 Å². The molecule has 0 bridgehead atoms. The Morgan fingerprint density at radius 1 is 1.21 bits per heavy atom. The molecule has 2 heterocycles. The minimum Gasteiger partial charge on any atom is -0.480 e. The molecule has 4 rings (SSSR count). The van der Waals surface area contributed by atoms with Crippen LogP contribution in [0.2, 0.25) is 0 Å². The first-order valence-corrected chi connectivity index (χ1v) is 11.8. The van der Waals surface area contributed by atoms with Gasteiger partial charge in [-0.25, -0.2) is 13.1 Å².